The van der Waals surface area contributed by atoms with Crippen LogP contribution in [0.3, 0.4) is 0 Å². The number of hydrogen-bond donors (Lipinski definition) is 2. The van der Waals surface area contributed by atoms with Gasteiger partial charge in [0.15, 0.2) is 0 Å². The number of halogens is 1. The van der Waals surface area contributed by atoms with Crippen LogP contribution in [0.1, 0.15) is 19.8 Å². The molecule has 0 aliphatic heterocycles. The van der Waals surface area contributed by atoms with Crippen LogP contribution in [0.2, 0.25) is 0 Å². The molecule has 0 fully saturated rings. The summed E-state index contributed by atoms with van der Waals surface area (Å²) < 4.78 is 32.8. The zero-order valence-electron chi connectivity index (χ0n) is 7.19. The van der Waals surface area contributed by atoms with Crippen molar-refractivity contribution in [1.29, 1.82) is 0 Å². The third-order valence-electron chi connectivity index (χ3n) is 0.558. The van der Waals surface area contributed by atoms with Crippen molar-refractivity contribution >= 4 is 10.4 Å². The maximum absolute atomic E-state index is 8.63. The standard InChI is InChI=1S/C4H11N.FH.Na.H2O4S/c1-2-3-4-5;;;1-5(2,3)4/h2-5H2,1H3;1H;;(H2,1,2,3,4)/q;;+1;/p-1. The van der Waals surface area contributed by atoms with Gasteiger partial charge in [0, 0.05) is 0 Å². The van der Waals surface area contributed by atoms with E-state index in [1.807, 2.05) is 0 Å². The third kappa shape index (κ3) is 135. The second-order valence-electron chi connectivity index (χ2n) is 1.57. The fourth-order valence-corrected chi connectivity index (χ4v) is 0.204. The Labute approximate surface area is 94.0 Å². The van der Waals surface area contributed by atoms with Crippen molar-refractivity contribution in [1.82, 2.24) is 0 Å². The molecule has 0 amide bonds. The molecule has 0 aliphatic rings. The topological polar surface area (TPSA) is 103 Å². The molecular weight excluding hydrogens is 200 g/mol. The van der Waals surface area contributed by atoms with Crippen molar-refractivity contribution in [2.45, 2.75) is 19.8 Å². The Kier molecular flexibility index (Phi) is 27.4. The Bertz CT molecular complexity index is 141. The van der Waals surface area contributed by atoms with E-state index in [1.54, 1.807) is 0 Å². The molecule has 8 heteroatoms. The molecule has 12 heavy (non-hydrogen) atoms. The van der Waals surface area contributed by atoms with Crippen molar-refractivity contribution in [3.63, 3.8) is 0 Å². The molecule has 0 aliphatic carbocycles. The van der Waals surface area contributed by atoms with Crippen LogP contribution in [0.5, 0.6) is 0 Å². The van der Waals surface area contributed by atoms with Crippen LogP contribution in [0, 0.1) is 0 Å². The summed E-state index contributed by atoms with van der Waals surface area (Å²) in [4.78, 5) is 0. The van der Waals surface area contributed by atoms with Gasteiger partial charge in [-0.1, -0.05) is 13.3 Å². The van der Waals surface area contributed by atoms with Gasteiger partial charge in [-0.3, -0.25) is 9.26 Å². The average Bonchev–Trinajstić information content (AvgIpc) is 1.63. The van der Waals surface area contributed by atoms with E-state index >= 15 is 0 Å². The van der Waals surface area contributed by atoms with Crippen molar-refractivity contribution < 1.29 is 51.8 Å². The SMILES string of the molecule is CCCCN.F.O=S(=O)([O-])O.[Na+]. The molecule has 3 N–H and O–H groups in total. The van der Waals surface area contributed by atoms with Crippen molar-refractivity contribution in [2.75, 3.05) is 6.54 Å². The second kappa shape index (κ2) is 14.3. The van der Waals surface area contributed by atoms with Gasteiger partial charge in [0.25, 0.3) is 0 Å². The molecular formula is C4H13FNNaO4S. The minimum Gasteiger partial charge on any atom is -0.726 e. The normalized spacial score (nSPS) is 8.33. The van der Waals surface area contributed by atoms with Gasteiger partial charge in [0.1, 0.15) is 0 Å². The van der Waals surface area contributed by atoms with Gasteiger partial charge < -0.3 is 10.3 Å². The average molecular weight is 213 g/mol. The molecule has 0 bridgehead atoms. The molecule has 5 nitrogen and oxygen atoms in total. The Hall–Kier alpha value is 0.760. The largest absolute Gasteiger partial charge is 1.00 e. The summed E-state index contributed by atoms with van der Waals surface area (Å²) in [7, 11) is -4.92. The van der Waals surface area contributed by atoms with Gasteiger partial charge in [-0.15, -0.1) is 0 Å². The van der Waals surface area contributed by atoms with Crippen molar-refractivity contribution in [2.24, 2.45) is 5.73 Å². The van der Waals surface area contributed by atoms with E-state index in [0.717, 1.165) is 6.54 Å². The molecule has 0 unspecified atom stereocenters. The molecule has 0 aromatic rings. The Balaban J connectivity index is -0.0000000457. The summed E-state index contributed by atoms with van der Waals surface area (Å²) in [5, 5.41) is 0. The molecule has 0 rings (SSSR count). The zero-order valence-corrected chi connectivity index (χ0v) is 10.0. The fourth-order valence-electron chi connectivity index (χ4n) is 0.204. The molecule has 0 aromatic carbocycles. The summed E-state index contributed by atoms with van der Waals surface area (Å²) >= 11 is 0. The van der Waals surface area contributed by atoms with E-state index in [-0.39, 0.29) is 34.3 Å². The van der Waals surface area contributed by atoms with Crippen LogP contribution in [0.15, 0.2) is 0 Å². The van der Waals surface area contributed by atoms with Crippen LogP contribution in [0.4, 0.5) is 4.70 Å². The van der Waals surface area contributed by atoms with Crippen molar-refractivity contribution in [3.8, 4) is 0 Å². The summed E-state index contributed by atoms with van der Waals surface area (Å²) in [6.07, 6.45) is 2.39. The first kappa shape index (κ1) is 23.0. The molecule has 0 atom stereocenters. The summed E-state index contributed by atoms with van der Waals surface area (Å²) in [5.41, 5.74) is 5.14. The number of hydrogen-bond acceptors (Lipinski definition) is 4. The Morgan fingerprint density at radius 1 is 1.50 bits per heavy atom. The minimum atomic E-state index is -4.92. The molecule has 0 heterocycles. The summed E-state index contributed by atoms with van der Waals surface area (Å²) in [6.45, 7) is 2.98. The predicted molar refractivity (Wildman–Crippen MR) is 38.8 cm³/mol. The van der Waals surface area contributed by atoms with Crippen LogP contribution in [0.25, 0.3) is 0 Å². The van der Waals surface area contributed by atoms with Gasteiger partial charge in [0.05, 0.1) is 0 Å². The number of unbranched alkanes of at least 4 members (excludes halogenated alkanes) is 1. The number of rotatable bonds is 2. The Morgan fingerprint density at radius 2 is 1.75 bits per heavy atom. The summed E-state index contributed by atoms with van der Waals surface area (Å²) in [5.74, 6) is 0. The van der Waals surface area contributed by atoms with Gasteiger partial charge in [-0.05, 0) is 13.0 Å². The van der Waals surface area contributed by atoms with E-state index in [4.69, 9.17) is 23.3 Å². The molecule has 0 saturated carbocycles. The predicted octanol–water partition coefficient (Wildman–Crippen LogP) is -3.09. The Morgan fingerprint density at radius 3 is 1.75 bits per heavy atom. The smallest absolute Gasteiger partial charge is 0.726 e. The first-order chi connectivity index (χ1) is 4.41. The maximum Gasteiger partial charge on any atom is 1.00 e. The molecule has 72 valence electrons. The van der Waals surface area contributed by atoms with Gasteiger partial charge >= 0.3 is 29.6 Å². The van der Waals surface area contributed by atoms with Gasteiger partial charge in [0.2, 0.25) is 10.4 Å². The first-order valence-corrected chi connectivity index (χ1v) is 4.16. The minimum absolute atomic E-state index is 0. The number of nitrogens with two attached hydrogens (primary N) is 1. The monoisotopic (exact) mass is 213 g/mol. The quantitative estimate of drug-likeness (QED) is 0.287. The van der Waals surface area contributed by atoms with E-state index < -0.39 is 10.4 Å². The summed E-state index contributed by atoms with van der Waals surface area (Å²) in [6, 6.07) is 0. The van der Waals surface area contributed by atoms with Crippen LogP contribution in [-0.2, 0) is 10.4 Å². The van der Waals surface area contributed by atoms with E-state index in [9.17, 15) is 0 Å². The van der Waals surface area contributed by atoms with E-state index in [1.165, 1.54) is 12.8 Å². The molecule has 0 radical (unpaired) electrons. The van der Waals surface area contributed by atoms with E-state index in [0.29, 0.717) is 0 Å². The third-order valence-corrected chi connectivity index (χ3v) is 0.558. The molecule has 0 aromatic heterocycles. The van der Waals surface area contributed by atoms with Crippen LogP contribution < -0.4 is 35.3 Å². The second-order valence-corrected chi connectivity index (χ2v) is 2.43. The molecule has 0 saturated heterocycles. The van der Waals surface area contributed by atoms with Crippen LogP contribution in [-0.4, -0.2) is 24.1 Å². The fraction of sp³-hybridized carbons (Fsp3) is 1.00. The molecule has 0 spiro atoms. The maximum atomic E-state index is 8.63. The van der Waals surface area contributed by atoms with Gasteiger partial charge in [-0.2, -0.15) is 0 Å². The zero-order chi connectivity index (χ0) is 8.62. The van der Waals surface area contributed by atoms with Gasteiger partial charge in [-0.25, -0.2) is 8.42 Å². The first-order valence-electron chi connectivity index (χ1n) is 2.80. The van der Waals surface area contributed by atoms with Crippen molar-refractivity contribution in [3.05, 3.63) is 0 Å². The van der Waals surface area contributed by atoms with Crippen LogP contribution >= 0.6 is 0 Å². The van der Waals surface area contributed by atoms with E-state index in [2.05, 4.69) is 6.92 Å².